The summed E-state index contributed by atoms with van der Waals surface area (Å²) < 4.78 is 11.6. The first-order valence-electron chi connectivity index (χ1n) is 9.98. The zero-order chi connectivity index (χ0) is 21.4. The van der Waals surface area contributed by atoms with Crippen molar-refractivity contribution >= 4 is 17.3 Å². The van der Waals surface area contributed by atoms with Gasteiger partial charge in [0.2, 0.25) is 0 Å². The molecule has 30 heavy (non-hydrogen) atoms. The van der Waals surface area contributed by atoms with Crippen LogP contribution in [-0.2, 0) is 17.6 Å². The molecule has 2 aromatic carbocycles. The van der Waals surface area contributed by atoms with Crippen molar-refractivity contribution < 1.29 is 29.9 Å². The van der Waals surface area contributed by atoms with Crippen LogP contribution in [0.15, 0.2) is 30.3 Å². The number of rotatable bonds is 5. The largest absolute Gasteiger partial charge is 0.491 e. The quantitative estimate of drug-likeness (QED) is 0.483. The van der Waals surface area contributed by atoms with Gasteiger partial charge in [-0.15, -0.1) is 0 Å². The molecule has 2 aliphatic heterocycles. The summed E-state index contributed by atoms with van der Waals surface area (Å²) in [7, 11) is 1.86. The van der Waals surface area contributed by atoms with Gasteiger partial charge < -0.3 is 35.2 Å². The van der Waals surface area contributed by atoms with Crippen molar-refractivity contribution in [2.45, 2.75) is 43.4 Å². The van der Waals surface area contributed by atoms with Gasteiger partial charge in [0.15, 0.2) is 0 Å². The third-order valence-corrected chi connectivity index (χ3v) is 6.28. The third kappa shape index (κ3) is 3.77. The number of hydrogen-bond acceptors (Lipinski definition) is 7. The van der Waals surface area contributed by atoms with Gasteiger partial charge in [-0.3, -0.25) is 0 Å². The van der Waals surface area contributed by atoms with Crippen LogP contribution in [0, 0.1) is 0 Å². The van der Waals surface area contributed by atoms with Gasteiger partial charge in [0.1, 0.15) is 36.3 Å². The Labute approximate surface area is 179 Å². The smallest absolute Gasteiger partial charge is 0.141 e. The number of aliphatic hydroxyl groups is 4. The maximum Gasteiger partial charge on any atom is 0.141 e. The molecule has 0 unspecified atom stereocenters. The molecule has 0 bridgehead atoms. The molecule has 0 aliphatic carbocycles. The van der Waals surface area contributed by atoms with Crippen LogP contribution >= 0.6 is 11.6 Å². The molecule has 0 spiro atoms. The number of hydrogen-bond donors (Lipinski definition) is 5. The van der Waals surface area contributed by atoms with Crippen molar-refractivity contribution in [3.05, 3.63) is 57.6 Å². The molecule has 4 rings (SSSR count). The summed E-state index contributed by atoms with van der Waals surface area (Å²) in [6, 6.07) is 9.83. The molecule has 0 saturated carbocycles. The zero-order valence-electron chi connectivity index (χ0n) is 16.6. The minimum atomic E-state index is -1.44. The lowest BCUT2D eigenvalue weighted by atomic mass is 9.87. The van der Waals surface area contributed by atoms with Crippen LogP contribution in [0.4, 0.5) is 5.69 Å². The van der Waals surface area contributed by atoms with E-state index in [4.69, 9.17) is 21.1 Å². The van der Waals surface area contributed by atoms with Crippen LogP contribution in [0.3, 0.4) is 0 Å². The Bertz CT molecular complexity index is 903. The number of benzene rings is 2. The molecule has 2 aromatic rings. The fraction of sp³-hybridized carbons (Fsp3) is 0.455. The van der Waals surface area contributed by atoms with Crippen molar-refractivity contribution in [3.8, 4) is 5.75 Å². The summed E-state index contributed by atoms with van der Waals surface area (Å²) in [6.07, 6.45) is -4.94. The van der Waals surface area contributed by atoms with Crippen LogP contribution in [0.2, 0.25) is 5.02 Å². The Morgan fingerprint density at radius 3 is 2.50 bits per heavy atom. The standard InChI is InChI=1S/C22H26ClNO6/c1-24-13-4-2-11(3-5-13)8-12-9-15(14-6-7-29-21(14)17(12)23)22-20(28)19(27)18(26)16(10-25)30-22/h2-5,9,16,18-20,22,24-28H,6-8,10H2,1H3/t16-,18-,19+,20-,22+/m1/s1. The molecule has 1 fully saturated rings. The average Bonchev–Trinajstić information content (AvgIpc) is 3.26. The first-order chi connectivity index (χ1) is 14.4. The summed E-state index contributed by atoms with van der Waals surface area (Å²) in [4.78, 5) is 0. The monoisotopic (exact) mass is 435 g/mol. The summed E-state index contributed by atoms with van der Waals surface area (Å²) in [5.74, 6) is 0.563. The first kappa shape index (κ1) is 21.4. The van der Waals surface area contributed by atoms with Crippen LogP contribution in [0.1, 0.15) is 28.4 Å². The highest BCUT2D eigenvalue weighted by molar-refractivity contribution is 6.33. The van der Waals surface area contributed by atoms with Gasteiger partial charge in [-0.25, -0.2) is 0 Å². The van der Waals surface area contributed by atoms with Crippen molar-refractivity contribution in [1.29, 1.82) is 0 Å². The van der Waals surface area contributed by atoms with E-state index >= 15 is 0 Å². The predicted molar refractivity (Wildman–Crippen MR) is 112 cm³/mol. The van der Waals surface area contributed by atoms with Crippen molar-refractivity contribution in [2.75, 3.05) is 25.6 Å². The SMILES string of the molecule is CNc1ccc(Cc2cc([C@@H]3O[C@H](CO)[C@@H](O)[C@H](O)[C@H]3O)c3c(c2Cl)OCC3)cc1. The number of ether oxygens (including phenoxy) is 2. The summed E-state index contributed by atoms with van der Waals surface area (Å²) >= 11 is 6.65. The van der Waals surface area contributed by atoms with E-state index < -0.39 is 37.1 Å². The molecular formula is C22H26ClNO6. The molecule has 0 amide bonds. The van der Waals surface area contributed by atoms with Crippen LogP contribution < -0.4 is 10.1 Å². The molecule has 2 aliphatic rings. The summed E-state index contributed by atoms with van der Waals surface area (Å²) in [5, 5.41) is 44.1. The normalized spacial score (nSPS) is 28.1. The predicted octanol–water partition coefficient (Wildman–Crippen LogP) is 1.42. The summed E-state index contributed by atoms with van der Waals surface area (Å²) in [6.45, 7) is -0.0157. The molecule has 162 valence electrons. The number of aliphatic hydroxyl groups excluding tert-OH is 4. The Kier molecular flexibility index (Phi) is 6.20. The maximum atomic E-state index is 10.6. The molecule has 1 saturated heterocycles. The molecule has 5 N–H and O–H groups in total. The molecule has 8 heteroatoms. The Balaban J connectivity index is 1.73. The lowest BCUT2D eigenvalue weighted by Crippen LogP contribution is -2.55. The molecule has 0 aromatic heterocycles. The minimum Gasteiger partial charge on any atom is -0.491 e. The molecular weight excluding hydrogens is 410 g/mol. The highest BCUT2D eigenvalue weighted by atomic mass is 35.5. The number of fused-ring (bicyclic) bond motifs is 1. The topological polar surface area (TPSA) is 111 Å². The van der Waals surface area contributed by atoms with Crippen molar-refractivity contribution in [3.63, 3.8) is 0 Å². The van der Waals surface area contributed by atoms with Gasteiger partial charge in [-0.1, -0.05) is 29.8 Å². The Morgan fingerprint density at radius 2 is 1.83 bits per heavy atom. The fourth-order valence-corrected chi connectivity index (χ4v) is 4.45. The van der Waals surface area contributed by atoms with Gasteiger partial charge in [0.25, 0.3) is 0 Å². The van der Waals surface area contributed by atoms with Gasteiger partial charge in [-0.2, -0.15) is 0 Å². The van der Waals surface area contributed by atoms with Gasteiger partial charge in [-0.05, 0) is 35.2 Å². The second-order valence-electron chi connectivity index (χ2n) is 7.72. The Morgan fingerprint density at radius 1 is 1.10 bits per heavy atom. The van der Waals surface area contributed by atoms with E-state index in [0.29, 0.717) is 35.8 Å². The zero-order valence-corrected chi connectivity index (χ0v) is 17.3. The van der Waals surface area contributed by atoms with E-state index in [1.165, 1.54) is 0 Å². The first-order valence-corrected chi connectivity index (χ1v) is 10.4. The highest BCUT2D eigenvalue weighted by Crippen LogP contribution is 2.44. The van der Waals surface area contributed by atoms with Gasteiger partial charge in [0.05, 0.1) is 18.2 Å². The lowest BCUT2D eigenvalue weighted by Gasteiger charge is -2.40. The van der Waals surface area contributed by atoms with Crippen molar-refractivity contribution in [2.24, 2.45) is 0 Å². The highest BCUT2D eigenvalue weighted by Gasteiger charge is 2.45. The van der Waals surface area contributed by atoms with E-state index in [9.17, 15) is 20.4 Å². The molecule has 2 heterocycles. The van der Waals surface area contributed by atoms with E-state index in [1.807, 2.05) is 37.4 Å². The molecule has 0 radical (unpaired) electrons. The Hall–Kier alpha value is -1.87. The molecule has 5 atom stereocenters. The molecule has 7 nitrogen and oxygen atoms in total. The van der Waals surface area contributed by atoms with Crippen molar-refractivity contribution in [1.82, 2.24) is 0 Å². The lowest BCUT2D eigenvalue weighted by molar-refractivity contribution is -0.231. The second-order valence-corrected chi connectivity index (χ2v) is 8.10. The van der Waals surface area contributed by atoms with E-state index in [-0.39, 0.29) is 0 Å². The van der Waals surface area contributed by atoms with Crippen LogP contribution in [-0.4, -0.2) is 65.1 Å². The third-order valence-electron chi connectivity index (χ3n) is 5.87. The number of nitrogens with one attached hydrogen (secondary N) is 1. The maximum absolute atomic E-state index is 10.6. The minimum absolute atomic E-state index is 0.458. The number of halogens is 1. The fourth-order valence-electron chi connectivity index (χ4n) is 4.16. The summed E-state index contributed by atoms with van der Waals surface area (Å²) in [5.41, 5.74) is 4.34. The number of anilines is 1. The van der Waals surface area contributed by atoms with E-state index in [0.717, 1.165) is 22.4 Å². The van der Waals surface area contributed by atoms with Crippen LogP contribution in [0.5, 0.6) is 5.75 Å². The van der Waals surface area contributed by atoms with Gasteiger partial charge >= 0.3 is 0 Å². The van der Waals surface area contributed by atoms with E-state index in [2.05, 4.69) is 5.32 Å². The van der Waals surface area contributed by atoms with E-state index in [1.54, 1.807) is 0 Å². The van der Waals surface area contributed by atoms with Crippen LogP contribution in [0.25, 0.3) is 0 Å². The average molecular weight is 436 g/mol. The van der Waals surface area contributed by atoms with Gasteiger partial charge in [0, 0.05) is 24.7 Å². The second kappa shape index (κ2) is 8.70.